The Hall–Kier alpha value is -3.74. The molecule has 0 aliphatic heterocycles. The van der Waals surface area contributed by atoms with Crippen LogP contribution in [0.1, 0.15) is 10.4 Å². The first-order chi connectivity index (χ1) is 12.2. The molecule has 0 atom stereocenters. The molecule has 0 aliphatic rings. The molecule has 4 rings (SSSR count). The molecule has 3 heterocycles. The van der Waals surface area contributed by atoms with E-state index in [0.717, 1.165) is 16.7 Å². The van der Waals surface area contributed by atoms with Crippen LogP contribution in [0.15, 0.2) is 60.9 Å². The van der Waals surface area contributed by atoms with E-state index in [9.17, 15) is 4.79 Å². The first kappa shape index (κ1) is 14.8. The zero-order valence-electron chi connectivity index (χ0n) is 13.1. The molecule has 0 radical (unpaired) electrons. The molecule has 0 saturated carbocycles. The van der Waals surface area contributed by atoms with E-state index in [2.05, 4.69) is 25.3 Å². The first-order valence-corrected chi connectivity index (χ1v) is 7.63. The van der Waals surface area contributed by atoms with Gasteiger partial charge in [0.05, 0.1) is 16.6 Å². The van der Waals surface area contributed by atoms with Gasteiger partial charge in [-0.25, -0.2) is 9.97 Å². The molecule has 0 aliphatic carbocycles. The van der Waals surface area contributed by atoms with E-state index < -0.39 is 0 Å². The van der Waals surface area contributed by atoms with Crippen molar-refractivity contribution >= 4 is 28.4 Å². The number of nitrogens with zero attached hydrogens (tertiary/aromatic N) is 3. The lowest BCUT2D eigenvalue weighted by Gasteiger charge is -2.05. The number of pyridine rings is 2. The number of nitrogens with two attached hydrogens (primary N) is 1. The molecule has 25 heavy (non-hydrogen) atoms. The van der Waals surface area contributed by atoms with Crippen molar-refractivity contribution in [3.63, 3.8) is 0 Å². The number of carbonyl (C=O) groups excluding carboxylic acids is 1. The highest BCUT2D eigenvalue weighted by Gasteiger charge is 2.09. The molecule has 1 aromatic carbocycles. The normalized spacial score (nSPS) is 10.7. The number of fused-ring (bicyclic) bond motifs is 1. The summed E-state index contributed by atoms with van der Waals surface area (Å²) in [5.74, 6) is 0.801. The van der Waals surface area contributed by atoms with Crippen LogP contribution < -0.4 is 11.1 Å². The summed E-state index contributed by atoms with van der Waals surface area (Å²) >= 11 is 0. The molecule has 1 amide bonds. The largest absolute Gasteiger partial charge is 0.384 e. The van der Waals surface area contributed by atoms with Crippen LogP contribution in [0.25, 0.3) is 22.6 Å². The Labute approximate surface area is 143 Å². The van der Waals surface area contributed by atoms with E-state index in [1.165, 1.54) is 6.20 Å². The Morgan fingerprint density at radius 2 is 2.00 bits per heavy atom. The fraction of sp³-hybridized carbons (Fsp3) is 0. The summed E-state index contributed by atoms with van der Waals surface area (Å²) in [4.78, 5) is 28.2. The van der Waals surface area contributed by atoms with E-state index in [4.69, 9.17) is 5.73 Å². The summed E-state index contributed by atoms with van der Waals surface area (Å²) in [6, 6.07) is 14.3. The van der Waals surface area contributed by atoms with Crippen LogP contribution in [0.2, 0.25) is 0 Å². The van der Waals surface area contributed by atoms with Gasteiger partial charge in [-0.1, -0.05) is 6.07 Å². The van der Waals surface area contributed by atoms with Crippen molar-refractivity contribution in [3.8, 4) is 11.5 Å². The van der Waals surface area contributed by atoms with Crippen molar-refractivity contribution in [2.45, 2.75) is 0 Å². The third-order valence-electron chi connectivity index (χ3n) is 3.70. The highest BCUT2D eigenvalue weighted by Crippen LogP contribution is 2.22. The van der Waals surface area contributed by atoms with Crippen molar-refractivity contribution < 1.29 is 4.79 Å². The van der Waals surface area contributed by atoms with Gasteiger partial charge in [0.25, 0.3) is 5.91 Å². The Kier molecular flexibility index (Phi) is 3.59. The van der Waals surface area contributed by atoms with E-state index in [1.54, 1.807) is 24.4 Å². The van der Waals surface area contributed by atoms with Gasteiger partial charge in [-0.05, 0) is 42.5 Å². The zero-order valence-corrected chi connectivity index (χ0v) is 13.1. The number of nitrogen functional groups attached to an aromatic ring is 1. The molecule has 4 N–H and O–H groups in total. The maximum absolute atomic E-state index is 12.3. The van der Waals surface area contributed by atoms with Crippen molar-refractivity contribution in [2.24, 2.45) is 0 Å². The van der Waals surface area contributed by atoms with Crippen molar-refractivity contribution in [2.75, 3.05) is 11.1 Å². The minimum atomic E-state index is -0.253. The number of hydrogen-bond acceptors (Lipinski definition) is 5. The van der Waals surface area contributed by atoms with Gasteiger partial charge in [-0.3, -0.25) is 9.78 Å². The molecular formula is C18H14N6O. The Balaban J connectivity index is 1.61. The number of nitrogens with one attached hydrogen (secondary N) is 2. The molecule has 0 unspecified atom stereocenters. The van der Waals surface area contributed by atoms with Gasteiger partial charge in [0, 0.05) is 18.1 Å². The van der Waals surface area contributed by atoms with Crippen molar-refractivity contribution in [1.82, 2.24) is 19.9 Å². The van der Waals surface area contributed by atoms with E-state index >= 15 is 0 Å². The number of carbonyl (C=O) groups is 1. The maximum Gasteiger partial charge on any atom is 0.257 e. The first-order valence-electron chi connectivity index (χ1n) is 7.63. The van der Waals surface area contributed by atoms with Crippen LogP contribution in [0, 0.1) is 0 Å². The molecule has 0 bridgehead atoms. The number of benzene rings is 1. The number of amides is 1. The predicted octanol–water partition coefficient (Wildman–Crippen LogP) is 2.85. The molecule has 0 fully saturated rings. The summed E-state index contributed by atoms with van der Waals surface area (Å²) in [6.45, 7) is 0. The quantitative estimate of drug-likeness (QED) is 0.535. The highest BCUT2D eigenvalue weighted by molar-refractivity contribution is 6.04. The summed E-state index contributed by atoms with van der Waals surface area (Å²) in [7, 11) is 0. The minimum Gasteiger partial charge on any atom is -0.384 e. The molecule has 7 nitrogen and oxygen atoms in total. The van der Waals surface area contributed by atoms with Crippen LogP contribution in [-0.4, -0.2) is 25.8 Å². The molecule has 0 saturated heterocycles. The number of H-pyrrole nitrogens is 1. The fourth-order valence-corrected chi connectivity index (χ4v) is 2.45. The average Bonchev–Trinajstić information content (AvgIpc) is 3.06. The molecule has 122 valence electrons. The van der Waals surface area contributed by atoms with Crippen molar-refractivity contribution in [1.29, 1.82) is 0 Å². The number of aromatic amines is 1. The van der Waals surface area contributed by atoms with Crippen LogP contribution in [0.5, 0.6) is 0 Å². The minimum absolute atomic E-state index is 0.253. The van der Waals surface area contributed by atoms with Crippen LogP contribution >= 0.6 is 0 Å². The smallest absolute Gasteiger partial charge is 0.257 e. The summed E-state index contributed by atoms with van der Waals surface area (Å²) in [6.07, 6.45) is 3.16. The van der Waals surface area contributed by atoms with Gasteiger partial charge >= 0.3 is 0 Å². The summed E-state index contributed by atoms with van der Waals surface area (Å²) in [5, 5.41) is 2.84. The lowest BCUT2D eigenvalue weighted by Crippen LogP contribution is -2.12. The highest BCUT2D eigenvalue weighted by atomic mass is 16.1. The standard InChI is InChI=1S/C18H14N6O/c19-16-7-4-11(10-21-16)18(25)22-12-5-6-13-15(9-12)24-17(23-13)14-3-1-2-8-20-14/h1-10H,(H2,19,21)(H,22,25)(H,23,24). The van der Waals surface area contributed by atoms with E-state index in [-0.39, 0.29) is 5.91 Å². The molecule has 0 spiro atoms. The van der Waals surface area contributed by atoms with E-state index in [0.29, 0.717) is 22.9 Å². The number of anilines is 2. The number of rotatable bonds is 3. The van der Waals surface area contributed by atoms with Crippen molar-refractivity contribution in [3.05, 3.63) is 66.5 Å². The third-order valence-corrected chi connectivity index (χ3v) is 3.70. The second kappa shape index (κ2) is 6.04. The Morgan fingerprint density at radius 3 is 2.76 bits per heavy atom. The monoisotopic (exact) mass is 330 g/mol. The van der Waals surface area contributed by atoms with Crippen LogP contribution in [0.3, 0.4) is 0 Å². The van der Waals surface area contributed by atoms with Gasteiger partial charge in [0.15, 0.2) is 5.82 Å². The van der Waals surface area contributed by atoms with Gasteiger partial charge in [-0.15, -0.1) is 0 Å². The number of hydrogen-bond donors (Lipinski definition) is 3. The third kappa shape index (κ3) is 3.02. The van der Waals surface area contributed by atoms with Crippen LogP contribution in [-0.2, 0) is 0 Å². The van der Waals surface area contributed by atoms with Gasteiger partial charge < -0.3 is 16.0 Å². The molecule has 3 aromatic heterocycles. The maximum atomic E-state index is 12.3. The topological polar surface area (TPSA) is 110 Å². The SMILES string of the molecule is Nc1ccc(C(=O)Nc2ccc3nc(-c4ccccn4)[nH]c3c2)cn1. The number of imidazole rings is 1. The second-order valence-electron chi connectivity index (χ2n) is 5.46. The summed E-state index contributed by atoms with van der Waals surface area (Å²) < 4.78 is 0. The van der Waals surface area contributed by atoms with Gasteiger partial charge in [-0.2, -0.15) is 0 Å². The molecule has 4 aromatic rings. The van der Waals surface area contributed by atoms with Crippen LogP contribution in [0.4, 0.5) is 11.5 Å². The molecule has 7 heteroatoms. The average molecular weight is 330 g/mol. The van der Waals surface area contributed by atoms with E-state index in [1.807, 2.05) is 30.3 Å². The second-order valence-corrected chi connectivity index (χ2v) is 5.46. The lowest BCUT2D eigenvalue weighted by atomic mass is 10.2. The predicted molar refractivity (Wildman–Crippen MR) is 95.9 cm³/mol. The number of aromatic nitrogens is 4. The Bertz CT molecular complexity index is 1040. The van der Waals surface area contributed by atoms with Gasteiger partial charge in [0.1, 0.15) is 11.5 Å². The fourth-order valence-electron chi connectivity index (χ4n) is 2.45. The van der Waals surface area contributed by atoms with Gasteiger partial charge in [0.2, 0.25) is 0 Å². The Morgan fingerprint density at radius 1 is 1.08 bits per heavy atom. The molecular weight excluding hydrogens is 316 g/mol. The summed E-state index contributed by atoms with van der Waals surface area (Å²) in [5.41, 5.74) is 9.00. The lowest BCUT2D eigenvalue weighted by molar-refractivity contribution is 0.102. The zero-order chi connectivity index (χ0) is 17.2.